The third kappa shape index (κ3) is 0.657. The van der Waals surface area contributed by atoms with Crippen molar-refractivity contribution in [3.8, 4) is 0 Å². The van der Waals surface area contributed by atoms with Crippen molar-refractivity contribution in [2.45, 2.75) is 0 Å². The first-order chi connectivity index (χ1) is 4.88. The predicted octanol–water partition coefficient (Wildman–Crippen LogP) is 1.39. The van der Waals surface area contributed by atoms with Crippen molar-refractivity contribution in [1.29, 1.82) is 0 Å². The minimum absolute atomic E-state index is 0.745. The van der Waals surface area contributed by atoms with Gasteiger partial charge in [-0.1, -0.05) is 12.2 Å². The molecule has 0 aromatic carbocycles. The lowest BCUT2D eigenvalue weighted by Gasteiger charge is -1.89. The number of H-pyrrole nitrogens is 1. The fourth-order valence-electron chi connectivity index (χ4n) is 0.856. The Hall–Kier alpha value is -1.16. The van der Waals surface area contributed by atoms with Crippen molar-refractivity contribution in [3.05, 3.63) is 29.2 Å². The topological polar surface area (TPSA) is 33.1 Å². The highest BCUT2D eigenvalue weighted by Gasteiger charge is 1.89. The van der Waals surface area contributed by atoms with Gasteiger partial charge in [-0.15, -0.1) is 0 Å². The van der Waals surface area contributed by atoms with Crippen molar-refractivity contribution in [2.24, 2.45) is 0 Å². The molecule has 0 amide bonds. The summed E-state index contributed by atoms with van der Waals surface area (Å²) in [5.74, 6) is 0. The number of aromatic nitrogens is 3. The summed E-state index contributed by atoms with van der Waals surface area (Å²) in [6.45, 7) is 0. The summed E-state index contributed by atoms with van der Waals surface area (Å²) in [6, 6.07) is 3.65. The summed E-state index contributed by atoms with van der Waals surface area (Å²) in [5.41, 5.74) is 0.854. The quantitative estimate of drug-likeness (QED) is 0.577. The Balaban J connectivity index is 3.09. The second kappa shape index (κ2) is 1.91. The molecule has 0 atom stereocenters. The number of nitrogens with zero attached hydrogens (tertiary/aromatic N) is 2. The minimum Gasteiger partial charge on any atom is -0.299 e. The maximum Gasteiger partial charge on any atom is 0.154 e. The summed E-state index contributed by atoms with van der Waals surface area (Å²) < 4.78 is 2.49. The molecule has 0 aliphatic carbocycles. The Morgan fingerprint density at radius 2 is 2.40 bits per heavy atom. The van der Waals surface area contributed by atoms with E-state index in [1.54, 1.807) is 23.0 Å². The van der Waals surface area contributed by atoms with E-state index in [1.807, 2.05) is 6.07 Å². The normalized spacial score (nSPS) is 10.4. The molecule has 0 bridgehead atoms. The molecule has 4 heteroatoms. The van der Waals surface area contributed by atoms with E-state index in [9.17, 15) is 0 Å². The molecule has 0 unspecified atom stereocenters. The Labute approximate surface area is 62.3 Å². The van der Waals surface area contributed by atoms with Gasteiger partial charge in [0, 0.05) is 18.5 Å². The molecule has 0 fully saturated rings. The summed E-state index contributed by atoms with van der Waals surface area (Å²) in [5, 5.41) is 2.94. The van der Waals surface area contributed by atoms with E-state index < -0.39 is 0 Å². The van der Waals surface area contributed by atoms with E-state index >= 15 is 0 Å². The molecule has 2 aromatic heterocycles. The van der Waals surface area contributed by atoms with Gasteiger partial charge in [-0.3, -0.25) is 5.10 Å². The van der Waals surface area contributed by atoms with E-state index in [0.29, 0.717) is 0 Å². The van der Waals surface area contributed by atoms with Crippen LogP contribution in [0.25, 0.3) is 5.65 Å². The van der Waals surface area contributed by atoms with Crippen molar-refractivity contribution in [3.63, 3.8) is 0 Å². The van der Waals surface area contributed by atoms with E-state index in [0.717, 1.165) is 10.3 Å². The first-order valence-corrected chi connectivity index (χ1v) is 3.30. The van der Waals surface area contributed by atoms with Gasteiger partial charge < -0.3 is 0 Å². The molecule has 0 radical (unpaired) electrons. The van der Waals surface area contributed by atoms with Crippen LogP contribution in [0.5, 0.6) is 0 Å². The molecule has 10 heavy (non-hydrogen) atoms. The third-order valence-corrected chi connectivity index (χ3v) is 1.63. The summed E-state index contributed by atoms with van der Waals surface area (Å²) in [4.78, 5) is 4.07. The van der Waals surface area contributed by atoms with Crippen LogP contribution in [0, 0.1) is 4.64 Å². The van der Waals surface area contributed by atoms with Gasteiger partial charge in [0.05, 0.1) is 0 Å². The average molecular weight is 151 g/mol. The number of hydrogen-bond acceptors (Lipinski definition) is 2. The lowest BCUT2D eigenvalue weighted by molar-refractivity contribution is 0.924. The Bertz CT molecular complexity index is 400. The first kappa shape index (κ1) is 5.61. The first-order valence-electron chi connectivity index (χ1n) is 2.89. The van der Waals surface area contributed by atoms with Crippen LogP contribution in [-0.2, 0) is 0 Å². The highest BCUT2D eigenvalue weighted by atomic mass is 32.1. The second-order valence-electron chi connectivity index (χ2n) is 1.94. The van der Waals surface area contributed by atoms with E-state index in [2.05, 4.69) is 10.1 Å². The maximum absolute atomic E-state index is 5.00. The predicted molar refractivity (Wildman–Crippen MR) is 40.4 cm³/mol. The fraction of sp³-hybridized carbons (Fsp3) is 0. The van der Waals surface area contributed by atoms with Crippen molar-refractivity contribution < 1.29 is 0 Å². The molecule has 2 aromatic rings. The van der Waals surface area contributed by atoms with E-state index in [4.69, 9.17) is 12.2 Å². The standard InChI is InChI=1S/C6H5N3S/c10-6-2-3-7-5-1-4-8-9(5)6/h1-4,8H. The molecule has 0 spiro atoms. The zero-order chi connectivity index (χ0) is 6.97. The second-order valence-corrected chi connectivity index (χ2v) is 2.36. The maximum atomic E-state index is 5.00. The van der Waals surface area contributed by atoms with Crippen LogP contribution in [0.4, 0.5) is 0 Å². The molecular formula is C6H5N3S. The van der Waals surface area contributed by atoms with Gasteiger partial charge in [-0.05, 0) is 6.07 Å². The number of rotatable bonds is 0. The van der Waals surface area contributed by atoms with Crippen LogP contribution in [0.1, 0.15) is 0 Å². The van der Waals surface area contributed by atoms with Crippen molar-refractivity contribution in [2.75, 3.05) is 0 Å². The molecule has 3 nitrogen and oxygen atoms in total. The van der Waals surface area contributed by atoms with Gasteiger partial charge >= 0.3 is 0 Å². The van der Waals surface area contributed by atoms with Gasteiger partial charge in [0.25, 0.3) is 0 Å². The highest BCUT2D eigenvalue weighted by molar-refractivity contribution is 7.71. The zero-order valence-electron chi connectivity index (χ0n) is 5.11. The summed E-state index contributed by atoms with van der Waals surface area (Å²) >= 11 is 5.00. The van der Waals surface area contributed by atoms with Gasteiger partial charge in [-0.25, -0.2) is 9.50 Å². The molecule has 2 heterocycles. The molecule has 0 saturated heterocycles. The van der Waals surface area contributed by atoms with E-state index in [-0.39, 0.29) is 0 Å². The molecule has 2 rings (SSSR count). The van der Waals surface area contributed by atoms with E-state index in [1.165, 1.54) is 0 Å². The molecule has 0 saturated carbocycles. The highest BCUT2D eigenvalue weighted by Crippen LogP contribution is 1.96. The molecule has 1 N–H and O–H groups in total. The Morgan fingerprint density at radius 1 is 1.50 bits per heavy atom. The smallest absolute Gasteiger partial charge is 0.154 e. The van der Waals surface area contributed by atoms with Crippen LogP contribution in [0.15, 0.2) is 24.5 Å². The number of hydrogen-bond donors (Lipinski definition) is 1. The van der Waals surface area contributed by atoms with Crippen molar-refractivity contribution in [1.82, 2.24) is 14.6 Å². The number of aromatic amines is 1. The summed E-state index contributed by atoms with van der Waals surface area (Å²) in [6.07, 6.45) is 3.50. The lowest BCUT2D eigenvalue weighted by Crippen LogP contribution is -1.88. The fourth-order valence-corrected chi connectivity index (χ4v) is 1.06. The average Bonchev–Trinajstić information content (AvgIpc) is 2.36. The van der Waals surface area contributed by atoms with Gasteiger partial charge in [0.1, 0.15) is 4.64 Å². The van der Waals surface area contributed by atoms with Gasteiger partial charge in [0.15, 0.2) is 5.65 Å². The number of nitrogens with one attached hydrogen (secondary N) is 1. The molecular weight excluding hydrogens is 146 g/mol. The largest absolute Gasteiger partial charge is 0.299 e. The van der Waals surface area contributed by atoms with Gasteiger partial charge in [0.2, 0.25) is 0 Å². The molecule has 0 aliphatic heterocycles. The lowest BCUT2D eigenvalue weighted by atomic mass is 10.6. The third-order valence-electron chi connectivity index (χ3n) is 1.31. The number of fused-ring (bicyclic) bond motifs is 1. The Morgan fingerprint density at radius 3 is 3.20 bits per heavy atom. The van der Waals surface area contributed by atoms with Crippen molar-refractivity contribution >= 4 is 17.9 Å². The molecule has 50 valence electrons. The van der Waals surface area contributed by atoms with Crippen LogP contribution < -0.4 is 0 Å². The molecule has 0 aliphatic rings. The monoisotopic (exact) mass is 151 g/mol. The van der Waals surface area contributed by atoms with Gasteiger partial charge in [-0.2, -0.15) is 0 Å². The van der Waals surface area contributed by atoms with Crippen LogP contribution >= 0.6 is 12.2 Å². The zero-order valence-corrected chi connectivity index (χ0v) is 5.93. The minimum atomic E-state index is 0.745. The van der Waals surface area contributed by atoms with Crippen LogP contribution in [-0.4, -0.2) is 14.6 Å². The van der Waals surface area contributed by atoms with Crippen LogP contribution in [0.3, 0.4) is 0 Å². The SMILES string of the molecule is S=c1ccnc2cc[nH]n12. The van der Waals surface area contributed by atoms with Crippen LogP contribution in [0.2, 0.25) is 0 Å². The summed E-state index contributed by atoms with van der Waals surface area (Å²) in [7, 11) is 0. The Kier molecular flexibility index (Phi) is 1.07.